The first-order valence-electron chi connectivity index (χ1n) is 8.18. The van der Waals surface area contributed by atoms with E-state index in [1.807, 2.05) is 0 Å². The normalized spacial score (nSPS) is 33.0. The monoisotopic (exact) mass is 622 g/mol. The lowest BCUT2D eigenvalue weighted by Crippen LogP contribution is -2.85. The molecule has 0 aromatic heterocycles. The van der Waals surface area contributed by atoms with Gasteiger partial charge in [-0.15, -0.1) is 0 Å². The number of hydrogen-bond donors (Lipinski definition) is 0. The average Bonchev–Trinajstić information content (AvgIpc) is 2.70. The number of carbonyl (C=O) groups is 1. The first-order chi connectivity index (χ1) is 16.1. The molecule has 2 aliphatic carbocycles. The minimum Gasteiger partial charge on any atom is -0.384 e. The van der Waals surface area contributed by atoms with E-state index in [-0.39, 0.29) is 0 Å². The van der Waals surface area contributed by atoms with Crippen LogP contribution in [0.15, 0.2) is 0 Å². The van der Waals surface area contributed by atoms with Gasteiger partial charge in [0, 0.05) is 0 Å². The van der Waals surface area contributed by atoms with Crippen LogP contribution in [0.1, 0.15) is 0 Å². The number of alkyl halides is 22. The number of carbonyl (C=O) groups excluding carboxylic acids is 1. The molecule has 0 heterocycles. The number of ether oxygens (including phenoxy) is 2. The number of halogens is 22. The zero-order chi connectivity index (χ0) is 31.0. The summed E-state index contributed by atoms with van der Waals surface area (Å²) in [5, 5.41) is 0. The summed E-state index contributed by atoms with van der Waals surface area (Å²) in [6.45, 7) is 0. The standard InChI is InChI=1S/C13F22O3/c14-2(15)4(18,19)8(26,27)12(34,9(28,29)5(2,20)21)37-1(36)38-13(35)10(30,31)6(22,23)3(16,17)7(24,25)11(13,32)33. The van der Waals surface area contributed by atoms with Gasteiger partial charge < -0.3 is 9.47 Å². The first-order valence-corrected chi connectivity index (χ1v) is 8.18. The van der Waals surface area contributed by atoms with Crippen molar-refractivity contribution in [3.63, 3.8) is 0 Å². The van der Waals surface area contributed by atoms with E-state index >= 15 is 0 Å². The largest absolute Gasteiger partial charge is 0.514 e. The zero-order valence-corrected chi connectivity index (χ0v) is 16.0. The summed E-state index contributed by atoms with van der Waals surface area (Å²) in [7, 11) is 0. The molecule has 2 fully saturated rings. The molecule has 0 bridgehead atoms. The summed E-state index contributed by atoms with van der Waals surface area (Å²) in [5.41, 5.74) is 0. The molecule has 0 radical (unpaired) electrons. The molecule has 2 rings (SSSR count). The Bertz CT molecular complexity index is 874. The molecule has 0 saturated heterocycles. The highest BCUT2D eigenvalue weighted by atomic mass is 19.4. The smallest absolute Gasteiger partial charge is 0.384 e. The van der Waals surface area contributed by atoms with Crippen molar-refractivity contribution in [2.75, 3.05) is 0 Å². The molecular formula is C13F22O3. The van der Waals surface area contributed by atoms with E-state index in [4.69, 9.17) is 0 Å². The predicted octanol–water partition coefficient (Wildman–Crippen LogP) is 6.85. The Balaban J connectivity index is 2.72. The molecule has 2 saturated carbocycles. The van der Waals surface area contributed by atoms with Crippen LogP contribution >= 0.6 is 0 Å². The highest BCUT2D eigenvalue weighted by Gasteiger charge is 3.05. The summed E-state index contributed by atoms with van der Waals surface area (Å²) in [6, 6.07) is 0. The molecule has 2 aliphatic rings. The Morgan fingerprint density at radius 3 is 0.579 bits per heavy atom. The molecule has 0 aromatic rings. The Morgan fingerprint density at radius 1 is 0.289 bits per heavy atom. The maximum Gasteiger partial charge on any atom is 0.514 e. The summed E-state index contributed by atoms with van der Waals surface area (Å²) in [6.07, 6.45) is -5.04. The maximum absolute atomic E-state index is 14.2. The van der Waals surface area contributed by atoms with E-state index < -0.39 is 77.1 Å². The molecule has 0 N–H and O–H groups in total. The van der Waals surface area contributed by atoms with Crippen LogP contribution in [-0.2, 0) is 9.47 Å². The van der Waals surface area contributed by atoms with Crippen LogP contribution < -0.4 is 0 Å². The van der Waals surface area contributed by atoms with Crippen molar-refractivity contribution in [3.8, 4) is 0 Å². The molecular weight excluding hydrogens is 622 g/mol. The molecule has 0 amide bonds. The average molecular weight is 622 g/mol. The third kappa shape index (κ3) is 2.70. The molecule has 38 heavy (non-hydrogen) atoms. The topological polar surface area (TPSA) is 35.5 Å². The first kappa shape index (κ1) is 31.9. The van der Waals surface area contributed by atoms with Crippen LogP contribution in [0, 0.1) is 0 Å². The van der Waals surface area contributed by atoms with Crippen molar-refractivity contribution in [3.05, 3.63) is 0 Å². The second kappa shape index (κ2) is 7.08. The molecule has 0 aromatic carbocycles. The Kier molecular flexibility index (Phi) is 5.95. The van der Waals surface area contributed by atoms with Gasteiger partial charge in [-0.2, -0.15) is 96.6 Å². The van der Waals surface area contributed by atoms with Crippen LogP contribution in [0.4, 0.5) is 101 Å². The van der Waals surface area contributed by atoms with Gasteiger partial charge in [0.2, 0.25) is 0 Å². The van der Waals surface area contributed by atoms with Crippen molar-refractivity contribution in [2.45, 2.75) is 70.9 Å². The van der Waals surface area contributed by atoms with E-state index in [1.54, 1.807) is 9.47 Å². The fraction of sp³-hybridized carbons (Fsp3) is 0.923. The maximum atomic E-state index is 14.2. The molecule has 0 atom stereocenters. The van der Waals surface area contributed by atoms with Gasteiger partial charge in [-0.1, -0.05) is 0 Å². The van der Waals surface area contributed by atoms with Crippen LogP contribution in [-0.4, -0.2) is 77.1 Å². The second-order valence-corrected chi connectivity index (χ2v) is 7.39. The van der Waals surface area contributed by atoms with Gasteiger partial charge >= 0.3 is 77.1 Å². The lowest BCUT2D eigenvalue weighted by molar-refractivity contribution is -0.528. The summed E-state index contributed by atoms with van der Waals surface area (Å²) in [4.78, 5) is 11.1. The van der Waals surface area contributed by atoms with Crippen LogP contribution in [0.25, 0.3) is 0 Å². The van der Waals surface area contributed by atoms with Gasteiger partial charge in [-0.3, -0.25) is 0 Å². The van der Waals surface area contributed by atoms with Crippen molar-refractivity contribution < 1.29 is 111 Å². The van der Waals surface area contributed by atoms with E-state index in [9.17, 15) is 101 Å². The van der Waals surface area contributed by atoms with Crippen molar-refractivity contribution in [1.29, 1.82) is 0 Å². The van der Waals surface area contributed by atoms with Crippen molar-refractivity contribution >= 4 is 6.16 Å². The van der Waals surface area contributed by atoms with Crippen LogP contribution in [0.3, 0.4) is 0 Å². The summed E-state index contributed by atoms with van der Waals surface area (Å²) >= 11 is 0. The predicted molar refractivity (Wildman–Crippen MR) is 64.7 cm³/mol. The quantitative estimate of drug-likeness (QED) is 0.250. The van der Waals surface area contributed by atoms with Gasteiger partial charge in [0.25, 0.3) is 0 Å². The molecule has 25 heteroatoms. The molecule has 0 spiro atoms. The summed E-state index contributed by atoms with van der Waals surface area (Å²) < 4.78 is 298. The van der Waals surface area contributed by atoms with Gasteiger partial charge in [-0.25, -0.2) is 4.79 Å². The number of rotatable bonds is 2. The minimum absolute atomic E-state index is 1.71. The van der Waals surface area contributed by atoms with Crippen LogP contribution in [0.2, 0.25) is 0 Å². The van der Waals surface area contributed by atoms with Gasteiger partial charge in [-0.05, 0) is 0 Å². The second-order valence-electron chi connectivity index (χ2n) is 7.39. The third-order valence-corrected chi connectivity index (χ3v) is 5.22. The number of hydrogen-bond acceptors (Lipinski definition) is 3. The van der Waals surface area contributed by atoms with E-state index in [1.165, 1.54) is 0 Å². The third-order valence-electron chi connectivity index (χ3n) is 5.22. The SMILES string of the molecule is O=C(OC1(F)C(F)(F)C(F)(F)C(F)(F)C(F)(F)C1(F)F)OC1(F)C(F)(F)C(F)(F)C(F)(F)C(F)(F)C1(F)F. The Labute approximate surface area is 189 Å². The fourth-order valence-corrected chi connectivity index (χ4v) is 2.89. The van der Waals surface area contributed by atoms with Crippen molar-refractivity contribution in [2.24, 2.45) is 0 Å². The van der Waals surface area contributed by atoms with E-state index in [2.05, 4.69) is 0 Å². The summed E-state index contributed by atoms with van der Waals surface area (Å²) in [5.74, 6) is -97.7. The Morgan fingerprint density at radius 2 is 0.421 bits per heavy atom. The van der Waals surface area contributed by atoms with E-state index in [0.717, 1.165) is 0 Å². The lowest BCUT2D eigenvalue weighted by Gasteiger charge is -2.52. The fourth-order valence-electron chi connectivity index (χ4n) is 2.89. The Hall–Kier alpha value is -2.27. The highest BCUT2D eigenvalue weighted by molar-refractivity contribution is 5.62. The van der Waals surface area contributed by atoms with Gasteiger partial charge in [0.1, 0.15) is 0 Å². The minimum atomic E-state index is -8.23. The lowest BCUT2D eigenvalue weighted by atomic mass is 9.78. The molecule has 3 nitrogen and oxygen atoms in total. The zero-order valence-electron chi connectivity index (χ0n) is 16.0. The van der Waals surface area contributed by atoms with Crippen LogP contribution in [0.5, 0.6) is 0 Å². The molecule has 0 unspecified atom stereocenters. The van der Waals surface area contributed by atoms with E-state index in [0.29, 0.717) is 0 Å². The van der Waals surface area contributed by atoms with Gasteiger partial charge in [0.15, 0.2) is 0 Å². The highest BCUT2D eigenvalue weighted by Crippen LogP contribution is 2.71. The molecule has 224 valence electrons. The molecule has 0 aliphatic heterocycles. The van der Waals surface area contributed by atoms with Crippen molar-refractivity contribution in [1.82, 2.24) is 0 Å². The van der Waals surface area contributed by atoms with Gasteiger partial charge in [0.05, 0.1) is 0 Å².